The quantitative estimate of drug-likeness (QED) is 0.388. The van der Waals surface area contributed by atoms with Crippen LogP contribution in [0.2, 0.25) is 0 Å². The van der Waals surface area contributed by atoms with Crippen molar-refractivity contribution in [3.05, 3.63) is 71.7 Å². The number of likely N-dealkylation sites (tertiary alicyclic amines) is 1. The molecule has 1 fully saturated rings. The minimum atomic E-state index is -0.980. The fraction of sp³-hybridized carbons (Fsp3) is 0.261. The molecule has 0 saturated carbocycles. The number of carbonyl (C=O) groups is 3. The lowest BCUT2D eigenvalue weighted by atomic mass is 10.0. The second-order valence-corrected chi connectivity index (χ2v) is 7.41. The Morgan fingerprint density at radius 2 is 1.82 bits per heavy atom. The van der Waals surface area contributed by atoms with Crippen LogP contribution >= 0.6 is 0 Å². The van der Waals surface area contributed by atoms with Gasteiger partial charge in [0.1, 0.15) is 11.7 Å². The fourth-order valence-corrected chi connectivity index (χ4v) is 3.71. The molecule has 1 aliphatic rings. The average molecular weight is 375 g/mol. The van der Waals surface area contributed by atoms with Crippen LogP contribution < -0.4 is 0 Å². The van der Waals surface area contributed by atoms with Crippen molar-refractivity contribution in [1.29, 1.82) is 0 Å². The zero-order valence-electron chi connectivity index (χ0n) is 15.8. The van der Waals surface area contributed by atoms with Gasteiger partial charge in [-0.15, -0.1) is 0 Å². The Morgan fingerprint density at radius 1 is 1.07 bits per heavy atom. The molecule has 0 spiro atoms. The van der Waals surface area contributed by atoms with Crippen molar-refractivity contribution >= 4 is 28.2 Å². The highest BCUT2D eigenvalue weighted by Crippen LogP contribution is 2.25. The summed E-state index contributed by atoms with van der Waals surface area (Å²) in [6, 6.07) is 17.4. The summed E-state index contributed by atoms with van der Waals surface area (Å²) in [6.07, 6.45) is 0.546. The van der Waals surface area contributed by atoms with E-state index < -0.39 is 23.4 Å². The van der Waals surface area contributed by atoms with Crippen LogP contribution in [0.5, 0.6) is 0 Å². The summed E-state index contributed by atoms with van der Waals surface area (Å²) in [5, 5.41) is 2.28. The van der Waals surface area contributed by atoms with Gasteiger partial charge in [-0.25, -0.2) is 0 Å². The van der Waals surface area contributed by atoms with Crippen LogP contribution in [-0.4, -0.2) is 35.0 Å². The van der Waals surface area contributed by atoms with Gasteiger partial charge in [-0.3, -0.25) is 14.4 Å². The summed E-state index contributed by atoms with van der Waals surface area (Å²) in [6.45, 7) is 3.77. The molecule has 2 heterocycles. The van der Waals surface area contributed by atoms with E-state index >= 15 is 0 Å². The molecule has 0 bridgehead atoms. The van der Waals surface area contributed by atoms with Crippen molar-refractivity contribution in [2.45, 2.75) is 26.3 Å². The average Bonchev–Trinajstić information content (AvgIpc) is 3.27. The van der Waals surface area contributed by atoms with E-state index in [2.05, 4.69) is 18.2 Å². The maximum absolute atomic E-state index is 12.8. The van der Waals surface area contributed by atoms with Gasteiger partial charge >= 0.3 is 0 Å². The van der Waals surface area contributed by atoms with E-state index in [4.69, 9.17) is 4.42 Å². The Balaban J connectivity index is 1.55. The monoisotopic (exact) mass is 375 g/mol. The van der Waals surface area contributed by atoms with Crippen molar-refractivity contribution in [1.82, 2.24) is 4.90 Å². The zero-order valence-corrected chi connectivity index (χ0v) is 15.8. The molecule has 5 nitrogen and oxygen atoms in total. The molecule has 1 aromatic heterocycles. The lowest BCUT2D eigenvalue weighted by molar-refractivity contribution is -0.141. The summed E-state index contributed by atoms with van der Waals surface area (Å²) in [7, 11) is 0. The van der Waals surface area contributed by atoms with Crippen molar-refractivity contribution in [3.63, 3.8) is 0 Å². The lowest BCUT2D eigenvalue weighted by Crippen LogP contribution is -2.33. The lowest BCUT2D eigenvalue weighted by Gasteiger charge is -2.19. The molecule has 3 aromatic rings. The molecule has 2 aromatic carbocycles. The second-order valence-electron chi connectivity index (χ2n) is 7.41. The Kier molecular flexibility index (Phi) is 4.59. The predicted molar refractivity (Wildman–Crippen MR) is 105 cm³/mol. The third kappa shape index (κ3) is 3.13. The van der Waals surface area contributed by atoms with Crippen LogP contribution in [0.3, 0.4) is 0 Å². The summed E-state index contributed by atoms with van der Waals surface area (Å²) in [4.78, 5) is 38.5. The maximum atomic E-state index is 12.8. The van der Waals surface area contributed by atoms with Crippen LogP contribution in [0.15, 0.2) is 59.0 Å². The van der Waals surface area contributed by atoms with Gasteiger partial charge in [-0.1, -0.05) is 42.5 Å². The second kappa shape index (κ2) is 7.08. The molecule has 142 valence electrons. The molecule has 0 aliphatic carbocycles. The minimum Gasteiger partial charge on any atom is -0.458 e. The first kappa shape index (κ1) is 18.2. The smallest absolute Gasteiger partial charge is 0.291 e. The largest absolute Gasteiger partial charge is 0.458 e. The molecule has 0 N–H and O–H groups in total. The van der Waals surface area contributed by atoms with Crippen LogP contribution in [0.4, 0.5) is 0 Å². The van der Waals surface area contributed by atoms with Crippen LogP contribution in [0.1, 0.15) is 35.7 Å². The van der Waals surface area contributed by atoms with Crippen LogP contribution in [0.25, 0.3) is 10.8 Å². The predicted octanol–water partition coefficient (Wildman–Crippen LogP) is 3.64. The third-order valence-corrected chi connectivity index (χ3v) is 5.26. The van der Waals surface area contributed by atoms with Gasteiger partial charge in [0.2, 0.25) is 11.6 Å². The van der Waals surface area contributed by atoms with E-state index in [9.17, 15) is 14.4 Å². The van der Waals surface area contributed by atoms with E-state index in [0.29, 0.717) is 12.2 Å². The number of nitrogens with zero attached hydrogens (tertiary/aromatic N) is 1. The number of carbonyl (C=O) groups excluding carboxylic acids is 3. The van der Waals surface area contributed by atoms with Gasteiger partial charge in [-0.2, -0.15) is 0 Å². The normalized spacial score (nSPS) is 17.1. The van der Waals surface area contributed by atoms with E-state index in [1.807, 2.05) is 38.1 Å². The molecule has 1 aliphatic heterocycles. The third-order valence-electron chi connectivity index (χ3n) is 5.26. The zero-order chi connectivity index (χ0) is 19.8. The van der Waals surface area contributed by atoms with E-state index in [-0.39, 0.29) is 18.3 Å². The highest BCUT2D eigenvalue weighted by atomic mass is 16.3. The standard InChI is InChI=1S/C23H21NO4/c1-14(2)24-13-19(22(26)23(24)27)21(25)20-11-10-17(28-20)12-16-8-5-7-15-6-3-4-9-18(15)16/h3-11,14,19H,12-13H2,1-2H3. The SMILES string of the molecule is CC(C)N1CC(C(=O)c2ccc(Cc3cccc4ccccc34)o2)C(=O)C1=O. The number of Topliss-reactive ketones (excluding diaryl/α,β-unsaturated/α-hetero) is 2. The van der Waals surface area contributed by atoms with Crippen molar-refractivity contribution in [2.24, 2.45) is 5.92 Å². The molecule has 1 saturated heterocycles. The molecular weight excluding hydrogens is 354 g/mol. The number of amides is 1. The topological polar surface area (TPSA) is 67.6 Å². The molecule has 4 rings (SSSR count). The summed E-state index contributed by atoms with van der Waals surface area (Å²) < 4.78 is 5.76. The molecule has 0 radical (unpaired) electrons. The molecule has 5 heteroatoms. The summed E-state index contributed by atoms with van der Waals surface area (Å²) in [5.41, 5.74) is 1.10. The number of furan rings is 1. The van der Waals surface area contributed by atoms with Gasteiger partial charge in [0.15, 0.2) is 5.76 Å². The minimum absolute atomic E-state index is 0.118. The summed E-state index contributed by atoms with van der Waals surface area (Å²) in [5.74, 6) is -1.86. The summed E-state index contributed by atoms with van der Waals surface area (Å²) >= 11 is 0. The molecule has 1 atom stereocenters. The number of ketones is 2. The first-order valence-electron chi connectivity index (χ1n) is 9.40. The van der Waals surface area contributed by atoms with Gasteiger partial charge in [0, 0.05) is 19.0 Å². The van der Waals surface area contributed by atoms with E-state index in [1.54, 1.807) is 12.1 Å². The Morgan fingerprint density at radius 3 is 2.57 bits per heavy atom. The Hall–Kier alpha value is -3.21. The van der Waals surface area contributed by atoms with Gasteiger partial charge < -0.3 is 9.32 Å². The number of hydrogen-bond donors (Lipinski definition) is 0. The number of benzene rings is 2. The van der Waals surface area contributed by atoms with Crippen molar-refractivity contribution in [2.75, 3.05) is 6.54 Å². The Bertz CT molecular complexity index is 1070. The van der Waals surface area contributed by atoms with Gasteiger partial charge in [-0.05, 0) is 42.3 Å². The maximum Gasteiger partial charge on any atom is 0.291 e. The highest BCUT2D eigenvalue weighted by molar-refractivity contribution is 6.43. The van der Waals surface area contributed by atoms with E-state index in [0.717, 1.165) is 16.3 Å². The number of rotatable bonds is 5. The Labute approximate surface area is 162 Å². The van der Waals surface area contributed by atoms with Crippen molar-refractivity contribution in [3.8, 4) is 0 Å². The first-order chi connectivity index (χ1) is 13.5. The molecule has 1 unspecified atom stereocenters. The van der Waals surface area contributed by atoms with Gasteiger partial charge in [0.25, 0.3) is 5.91 Å². The van der Waals surface area contributed by atoms with E-state index in [1.165, 1.54) is 4.90 Å². The number of fused-ring (bicyclic) bond motifs is 1. The number of hydrogen-bond acceptors (Lipinski definition) is 4. The fourth-order valence-electron chi connectivity index (χ4n) is 3.71. The molecule has 28 heavy (non-hydrogen) atoms. The van der Waals surface area contributed by atoms with Gasteiger partial charge in [0.05, 0.1) is 0 Å². The first-order valence-corrected chi connectivity index (χ1v) is 9.40. The molecule has 1 amide bonds. The van der Waals surface area contributed by atoms with Crippen LogP contribution in [0, 0.1) is 5.92 Å². The highest BCUT2D eigenvalue weighted by Gasteiger charge is 2.44. The van der Waals surface area contributed by atoms with Crippen molar-refractivity contribution < 1.29 is 18.8 Å². The molecular formula is C23H21NO4. The van der Waals surface area contributed by atoms with Crippen LogP contribution in [-0.2, 0) is 16.0 Å².